The van der Waals surface area contributed by atoms with E-state index < -0.39 is 0 Å². The summed E-state index contributed by atoms with van der Waals surface area (Å²) in [6.45, 7) is 0. The predicted octanol–water partition coefficient (Wildman–Crippen LogP) is 12.9. The topological polar surface area (TPSA) is 35.0 Å². The van der Waals surface area contributed by atoms with E-state index in [4.69, 9.17) is 14.7 Å². The highest BCUT2D eigenvalue weighted by molar-refractivity contribution is 6.04. The van der Waals surface area contributed by atoms with Crippen LogP contribution in [0.3, 0.4) is 0 Å². The molecule has 1 aromatic heterocycles. The molecule has 0 atom stereocenters. The minimum atomic E-state index is 0.701. The average molecular weight is 651 g/mol. The molecule has 2 heterocycles. The zero-order chi connectivity index (χ0) is 33.7. The lowest BCUT2D eigenvalue weighted by molar-refractivity contribution is 0.487. The molecule has 1 aliphatic heterocycles. The second-order valence-electron chi connectivity index (χ2n) is 13.0. The van der Waals surface area contributed by atoms with Gasteiger partial charge in [0.05, 0.1) is 11.4 Å². The maximum Gasteiger partial charge on any atom is 0.160 e. The number of hydrogen-bond donors (Lipinski definition) is 0. The van der Waals surface area contributed by atoms with Crippen LogP contribution in [0.25, 0.3) is 88.8 Å². The van der Waals surface area contributed by atoms with Crippen LogP contribution in [0.4, 0.5) is 0 Å². The molecule has 0 unspecified atom stereocenters. The van der Waals surface area contributed by atoms with Crippen LogP contribution in [0.15, 0.2) is 182 Å². The van der Waals surface area contributed by atoms with Crippen LogP contribution < -0.4 is 4.74 Å². The summed E-state index contributed by atoms with van der Waals surface area (Å²) >= 11 is 0. The van der Waals surface area contributed by atoms with Crippen LogP contribution in [0, 0.1) is 0 Å². The fraction of sp³-hybridized carbons (Fsp3) is 0. The van der Waals surface area contributed by atoms with Crippen molar-refractivity contribution in [1.29, 1.82) is 0 Å². The van der Waals surface area contributed by atoms with Crippen LogP contribution >= 0.6 is 0 Å². The van der Waals surface area contributed by atoms with Crippen molar-refractivity contribution in [1.82, 2.24) is 9.97 Å². The molecule has 238 valence electrons. The van der Waals surface area contributed by atoms with E-state index in [0.29, 0.717) is 5.82 Å². The van der Waals surface area contributed by atoms with Gasteiger partial charge in [0.1, 0.15) is 11.5 Å². The van der Waals surface area contributed by atoms with Gasteiger partial charge in [-0.25, -0.2) is 9.97 Å². The van der Waals surface area contributed by atoms with Gasteiger partial charge in [0.2, 0.25) is 0 Å². The Hall–Kier alpha value is -6.84. The monoisotopic (exact) mass is 650 g/mol. The first-order chi connectivity index (χ1) is 25.2. The molecule has 0 amide bonds. The van der Waals surface area contributed by atoms with E-state index in [2.05, 4.69) is 158 Å². The Morgan fingerprint density at radius 3 is 1.78 bits per heavy atom. The normalized spacial score (nSPS) is 11.7. The molecule has 0 saturated carbocycles. The highest BCUT2D eigenvalue weighted by Gasteiger charge is 2.20. The molecular formula is C48H30N2O. The number of fused-ring (bicyclic) bond motifs is 3. The first-order valence-corrected chi connectivity index (χ1v) is 17.2. The lowest BCUT2D eigenvalue weighted by Crippen LogP contribution is -1.97. The van der Waals surface area contributed by atoms with Crippen molar-refractivity contribution in [2.45, 2.75) is 0 Å². The van der Waals surface area contributed by atoms with E-state index in [1.807, 2.05) is 24.3 Å². The van der Waals surface area contributed by atoms with Gasteiger partial charge >= 0.3 is 0 Å². The molecule has 3 nitrogen and oxygen atoms in total. The zero-order valence-electron chi connectivity index (χ0n) is 27.6. The molecule has 0 spiro atoms. The van der Waals surface area contributed by atoms with Crippen molar-refractivity contribution >= 4 is 21.5 Å². The minimum absolute atomic E-state index is 0.701. The molecule has 9 aromatic rings. The third-order valence-corrected chi connectivity index (χ3v) is 9.87. The van der Waals surface area contributed by atoms with Gasteiger partial charge in [-0.1, -0.05) is 146 Å². The number of ether oxygens (including phenoxy) is 1. The average Bonchev–Trinajstić information content (AvgIpc) is 3.21. The maximum atomic E-state index is 6.35. The van der Waals surface area contributed by atoms with Crippen LogP contribution in [-0.2, 0) is 0 Å². The summed E-state index contributed by atoms with van der Waals surface area (Å²) in [4.78, 5) is 10.2. The Labute approximate surface area is 296 Å². The summed E-state index contributed by atoms with van der Waals surface area (Å²) < 4.78 is 6.35. The highest BCUT2D eigenvalue weighted by atomic mass is 16.5. The highest BCUT2D eigenvalue weighted by Crippen LogP contribution is 2.47. The molecule has 0 N–H and O–H groups in total. The third kappa shape index (κ3) is 5.24. The molecule has 51 heavy (non-hydrogen) atoms. The van der Waals surface area contributed by atoms with Gasteiger partial charge in [-0.3, -0.25) is 0 Å². The molecule has 0 bridgehead atoms. The molecule has 0 saturated heterocycles. The Balaban J connectivity index is 1.03. The summed E-state index contributed by atoms with van der Waals surface area (Å²) in [6, 6.07) is 63.9. The van der Waals surface area contributed by atoms with Crippen LogP contribution in [-0.4, -0.2) is 9.97 Å². The summed E-state index contributed by atoms with van der Waals surface area (Å²) in [7, 11) is 0. The van der Waals surface area contributed by atoms with Gasteiger partial charge in [0.15, 0.2) is 5.82 Å². The van der Waals surface area contributed by atoms with E-state index in [1.165, 1.54) is 27.3 Å². The molecule has 0 fully saturated rings. The smallest absolute Gasteiger partial charge is 0.160 e. The molecule has 0 aliphatic carbocycles. The predicted molar refractivity (Wildman–Crippen MR) is 210 cm³/mol. The summed E-state index contributed by atoms with van der Waals surface area (Å²) in [5, 5.41) is 4.81. The second-order valence-corrected chi connectivity index (χ2v) is 13.0. The first kappa shape index (κ1) is 29.1. The van der Waals surface area contributed by atoms with Gasteiger partial charge in [-0.05, 0) is 80.4 Å². The van der Waals surface area contributed by atoms with Crippen LogP contribution in [0.2, 0.25) is 0 Å². The Morgan fingerprint density at radius 1 is 0.314 bits per heavy atom. The van der Waals surface area contributed by atoms with Crippen molar-refractivity contribution in [3.8, 4) is 78.8 Å². The third-order valence-electron chi connectivity index (χ3n) is 9.87. The number of nitrogens with zero attached hydrogens (tertiary/aromatic N) is 2. The first-order valence-electron chi connectivity index (χ1n) is 17.2. The molecular weight excluding hydrogens is 621 g/mol. The lowest BCUT2D eigenvalue weighted by atomic mass is 9.92. The van der Waals surface area contributed by atoms with Gasteiger partial charge < -0.3 is 4.74 Å². The van der Waals surface area contributed by atoms with Crippen molar-refractivity contribution in [2.75, 3.05) is 0 Å². The summed E-state index contributed by atoms with van der Waals surface area (Å²) in [5.74, 6) is 2.49. The fourth-order valence-electron chi connectivity index (χ4n) is 7.26. The van der Waals surface area contributed by atoms with Gasteiger partial charge in [-0.15, -0.1) is 0 Å². The van der Waals surface area contributed by atoms with E-state index in [-0.39, 0.29) is 0 Å². The standard InChI is InChI=1S/C48H30N2O/c1-2-10-35(11-3-1)48-49-43(30-44(50-48)40-16-6-15-37(28-40)38-24-21-31-9-4-5-12-36(31)27-38)33-22-19-32(20-23-33)39-25-26-45-42(29-39)41-17-7-13-34-14-8-18-46(51-45)47(34)41/h1-30H. The maximum absolute atomic E-state index is 6.35. The number of benzene rings is 8. The summed E-state index contributed by atoms with van der Waals surface area (Å²) in [5.41, 5.74) is 11.7. The molecule has 1 aliphatic rings. The second kappa shape index (κ2) is 11.9. The van der Waals surface area contributed by atoms with Gasteiger partial charge in [0, 0.05) is 27.6 Å². The van der Waals surface area contributed by atoms with Crippen molar-refractivity contribution in [3.63, 3.8) is 0 Å². The number of aromatic nitrogens is 2. The Kier molecular flexibility index (Phi) is 6.81. The van der Waals surface area contributed by atoms with Crippen molar-refractivity contribution in [2.24, 2.45) is 0 Å². The molecule has 0 radical (unpaired) electrons. The SMILES string of the molecule is c1ccc(-c2nc(-c3ccc(-c4ccc5c(c4)-c4cccc6cccc(c46)O5)cc3)cc(-c3cccc(-c4ccc5ccccc5c4)c3)n2)cc1. The van der Waals surface area contributed by atoms with E-state index >= 15 is 0 Å². The van der Waals surface area contributed by atoms with Crippen LogP contribution in [0.5, 0.6) is 11.5 Å². The van der Waals surface area contributed by atoms with Crippen molar-refractivity contribution in [3.05, 3.63) is 182 Å². The molecule has 3 heteroatoms. The quantitative estimate of drug-likeness (QED) is 0.186. The van der Waals surface area contributed by atoms with Crippen LogP contribution in [0.1, 0.15) is 0 Å². The zero-order valence-corrected chi connectivity index (χ0v) is 27.6. The van der Waals surface area contributed by atoms with Gasteiger partial charge in [0.25, 0.3) is 0 Å². The van der Waals surface area contributed by atoms with E-state index in [0.717, 1.165) is 67.2 Å². The summed E-state index contributed by atoms with van der Waals surface area (Å²) in [6.07, 6.45) is 0. The Bertz CT molecular complexity index is 2760. The van der Waals surface area contributed by atoms with Gasteiger partial charge in [-0.2, -0.15) is 0 Å². The minimum Gasteiger partial charge on any atom is -0.456 e. The van der Waals surface area contributed by atoms with E-state index in [9.17, 15) is 0 Å². The molecule has 10 rings (SSSR count). The largest absolute Gasteiger partial charge is 0.456 e. The lowest BCUT2D eigenvalue weighted by Gasteiger charge is -2.22. The number of rotatable bonds is 5. The Morgan fingerprint density at radius 2 is 0.922 bits per heavy atom. The molecule has 8 aromatic carbocycles. The fourth-order valence-corrected chi connectivity index (χ4v) is 7.26. The van der Waals surface area contributed by atoms with E-state index in [1.54, 1.807) is 0 Å². The number of hydrogen-bond acceptors (Lipinski definition) is 3. The van der Waals surface area contributed by atoms with Crippen molar-refractivity contribution < 1.29 is 4.74 Å².